The Morgan fingerprint density at radius 2 is 1.72 bits per heavy atom. The van der Waals surface area contributed by atoms with Crippen LogP contribution in [0.5, 0.6) is 5.75 Å². The lowest BCUT2D eigenvalue weighted by atomic mass is 10.1. The molecule has 2 aromatic carbocycles. The Morgan fingerprint density at radius 1 is 1.03 bits per heavy atom. The highest BCUT2D eigenvalue weighted by atomic mass is 32.2. The Labute approximate surface area is 190 Å². The minimum absolute atomic E-state index is 0.129. The number of hydrogen-bond acceptors (Lipinski definition) is 8. The number of rotatable bonds is 6. The Hall–Kier alpha value is -3.02. The summed E-state index contributed by atoms with van der Waals surface area (Å²) in [5, 5.41) is 10.5. The van der Waals surface area contributed by atoms with Crippen molar-refractivity contribution in [3.63, 3.8) is 0 Å². The molecule has 11 heteroatoms. The van der Waals surface area contributed by atoms with Crippen LogP contribution in [0.4, 0.5) is 10.8 Å². The van der Waals surface area contributed by atoms with Crippen molar-refractivity contribution in [3.05, 3.63) is 59.7 Å². The Bertz CT molecular complexity index is 1200. The van der Waals surface area contributed by atoms with Crippen molar-refractivity contribution >= 4 is 38.1 Å². The predicted octanol–water partition coefficient (Wildman–Crippen LogP) is 2.62. The van der Waals surface area contributed by atoms with Crippen molar-refractivity contribution in [3.8, 4) is 5.75 Å². The SMILES string of the molecule is COc1ccc(N2CCN(S(=O)(=O)c3nnc(NC(=O)c4ccccc4C)s3)CC2)cc1. The summed E-state index contributed by atoms with van der Waals surface area (Å²) in [5.74, 6) is 0.424. The zero-order valence-electron chi connectivity index (χ0n) is 17.7. The van der Waals surface area contributed by atoms with Crippen LogP contribution < -0.4 is 15.0 Å². The van der Waals surface area contributed by atoms with Crippen LogP contribution in [0.2, 0.25) is 0 Å². The molecule has 0 unspecified atom stereocenters. The molecule has 0 bridgehead atoms. The number of anilines is 2. The summed E-state index contributed by atoms with van der Waals surface area (Å²) in [6.07, 6.45) is 0. The van der Waals surface area contributed by atoms with Crippen LogP contribution in [0.15, 0.2) is 52.9 Å². The van der Waals surface area contributed by atoms with Gasteiger partial charge in [0.15, 0.2) is 0 Å². The molecular formula is C21H23N5O4S2. The molecule has 4 rings (SSSR count). The summed E-state index contributed by atoms with van der Waals surface area (Å²) in [6.45, 7) is 3.61. The summed E-state index contributed by atoms with van der Waals surface area (Å²) in [5.41, 5.74) is 2.33. The number of carbonyl (C=O) groups is 1. The van der Waals surface area contributed by atoms with E-state index in [9.17, 15) is 13.2 Å². The lowest BCUT2D eigenvalue weighted by molar-refractivity contribution is 0.102. The monoisotopic (exact) mass is 473 g/mol. The maximum Gasteiger partial charge on any atom is 0.272 e. The maximum absolute atomic E-state index is 13.0. The van der Waals surface area contributed by atoms with Gasteiger partial charge in [-0.3, -0.25) is 10.1 Å². The summed E-state index contributed by atoms with van der Waals surface area (Å²) in [7, 11) is -2.17. The second kappa shape index (κ2) is 9.23. The number of piperazine rings is 1. The fraction of sp³-hybridized carbons (Fsp3) is 0.286. The van der Waals surface area contributed by atoms with Crippen LogP contribution in [-0.4, -0.2) is 62.1 Å². The smallest absolute Gasteiger partial charge is 0.272 e. The highest BCUT2D eigenvalue weighted by Gasteiger charge is 2.32. The van der Waals surface area contributed by atoms with E-state index in [0.29, 0.717) is 31.7 Å². The molecule has 1 aliphatic heterocycles. The lowest BCUT2D eigenvalue weighted by Gasteiger charge is -2.34. The molecular weight excluding hydrogens is 450 g/mol. The van der Waals surface area contributed by atoms with Crippen LogP contribution in [0.1, 0.15) is 15.9 Å². The number of carbonyl (C=O) groups excluding carboxylic acids is 1. The largest absolute Gasteiger partial charge is 0.497 e. The van der Waals surface area contributed by atoms with E-state index in [4.69, 9.17) is 4.74 Å². The van der Waals surface area contributed by atoms with E-state index in [-0.39, 0.29) is 15.4 Å². The topological polar surface area (TPSA) is 105 Å². The molecule has 0 atom stereocenters. The van der Waals surface area contributed by atoms with Gasteiger partial charge in [0.05, 0.1) is 7.11 Å². The van der Waals surface area contributed by atoms with E-state index in [1.165, 1.54) is 4.31 Å². The third kappa shape index (κ3) is 4.59. The molecule has 0 radical (unpaired) electrons. The van der Waals surface area contributed by atoms with Gasteiger partial charge in [0.1, 0.15) is 5.75 Å². The van der Waals surface area contributed by atoms with E-state index in [0.717, 1.165) is 28.3 Å². The molecule has 1 saturated heterocycles. The number of amides is 1. The third-order valence-corrected chi connectivity index (χ3v) is 8.34. The van der Waals surface area contributed by atoms with Crippen molar-refractivity contribution in [2.75, 3.05) is 43.5 Å². The maximum atomic E-state index is 13.0. The van der Waals surface area contributed by atoms with Gasteiger partial charge in [-0.05, 0) is 42.8 Å². The zero-order valence-corrected chi connectivity index (χ0v) is 19.3. The standard InChI is InChI=1S/C21H23N5O4S2/c1-15-5-3-4-6-18(15)19(27)22-20-23-24-21(31-20)32(28,29)26-13-11-25(12-14-26)16-7-9-17(30-2)10-8-16/h3-10H,11-14H2,1-2H3,(H,22,23,27). The number of aromatic nitrogens is 2. The molecule has 1 aromatic heterocycles. The molecule has 9 nitrogen and oxygen atoms in total. The van der Waals surface area contributed by atoms with Gasteiger partial charge in [-0.2, -0.15) is 4.31 Å². The molecule has 3 aromatic rings. The fourth-order valence-electron chi connectivity index (χ4n) is 3.45. The first-order valence-electron chi connectivity index (χ1n) is 9.98. The van der Waals surface area contributed by atoms with Gasteiger partial charge in [0.25, 0.3) is 15.9 Å². The first-order valence-corrected chi connectivity index (χ1v) is 12.2. The molecule has 1 aliphatic rings. The summed E-state index contributed by atoms with van der Waals surface area (Å²) >= 11 is 0.852. The highest BCUT2D eigenvalue weighted by molar-refractivity contribution is 7.91. The predicted molar refractivity (Wildman–Crippen MR) is 123 cm³/mol. The van der Waals surface area contributed by atoms with Crippen LogP contribution >= 0.6 is 11.3 Å². The van der Waals surface area contributed by atoms with E-state index < -0.39 is 10.0 Å². The van der Waals surface area contributed by atoms with E-state index in [1.807, 2.05) is 43.3 Å². The molecule has 1 amide bonds. The molecule has 0 aliphatic carbocycles. The third-order valence-electron chi connectivity index (χ3n) is 5.25. The average molecular weight is 474 g/mol. The second-order valence-corrected chi connectivity index (χ2v) is 10.3. The van der Waals surface area contributed by atoms with E-state index in [2.05, 4.69) is 20.4 Å². The first kappa shape index (κ1) is 22.2. The Balaban J connectivity index is 1.40. The summed E-state index contributed by atoms with van der Waals surface area (Å²) in [6, 6.07) is 14.8. The van der Waals surface area contributed by atoms with Gasteiger partial charge in [-0.1, -0.05) is 29.5 Å². The van der Waals surface area contributed by atoms with Crippen molar-refractivity contribution in [2.24, 2.45) is 0 Å². The second-order valence-electron chi connectivity index (χ2n) is 7.23. The van der Waals surface area contributed by atoms with Crippen molar-refractivity contribution in [1.29, 1.82) is 0 Å². The Kier molecular flexibility index (Phi) is 6.40. The highest BCUT2D eigenvalue weighted by Crippen LogP contribution is 2.26. The van der Waals surface area contributed by atoms with E-state index >= 15 is 0 Å². The van der Waals surface area contributed by atoms with Crippen molar-refractivity contribution in [2.45, 2.75) is 11.3 Å². The fourth-order valence-corrected chi connectivity index (χ4v) is 5.90. The molecule has 1 fully saturated rings. The molecule has 0 saturated carbocycles. The van der Waals surface area contributed by atoms with Gasteiger partial charge in [0, 0.05) is 37.4 Å². The normalized spacial score (nSPS) is 14.9. The number of sulfonamides is 1. The summed E-state index contributed by atoms with van der Waals surface area (Å²) in [4.78, 5) is 14.6. The molecule has 2 heterocycles. The van der Waals surface area contributed by atoms with Gasteiger partial charge >= 0.3 is 0 Å². The van der Waals surface area contributed by atoms with Crippen LogP contribution in [0.3, 0.4) is 0 Å². The number of methoxy groups -OCH3 is 1. The van der Waals surface area contributed by atoms with E-state index in [1.54, 1.807) is 19.2 Å². The molecule has 32 heavy (non-hydrogen) atoms. The van der Waals surface area contributed by atoms with Crippen LogP contribution in [0.25, 0.3) is 0 Å². The van der Waals surface area contributed by atoms with Gasteiger partial charge < -0.3 is 9.64 Å². The van der Waals surface area contributed by atoms with Gasteiger partial charge in [-0.15, -0.1) is 10.2 Å². The average Bonchev–Trinajstić information content (AvgIpc) is 3.29. The number of benzene rings is 2. The number of ether oxygens (including phenoxy) is 1. The van der Waals surface area contributed by atoms with Crippen molar-refractivity contribution in [1.82, 2.24) is 14.5 Å². The molecule has 1 N–H and O–H groups in total. The van der Waals surface area contributed by atoms with Crippen LogP contribution in [0, 0.1) is 6.92 Å². The minimum Gasteiger partial charge on any atom is -0.497 e. The van der Waals surface area contributed by atoms with Gasteiger partial charge in [0.2, 0.25) is 9.47 Å². The number of nitrogens with one attached hydrogen (secondary N) is 1. The molecule has 0 spiro atoms. The Morgan fingerprint density at radius 3 is 2.38 bits per heavy atom. The molecule has 168 valence electrons. The first-order chi connectivity index (χ1) is 15.4. The number of aryl methyl sites for hydroxylation is 1. The number of hydrogen-bond donors (Lipinski definition) is 1. The van der Waals surface area contributed by atoms with Gasteiger partial charge in [-0.25, -0.2) is 8.42 Å². The summed E-state index contributed by atoms with van der Waals surface area (Å²) < 4.78 is 32.5. The lowest BCUT2D eigenvalue weighted by Crippen LogP contribution is -2.48. The van der Waals surface area contributed by atoms with Crippen molar-refractivity contribution < 1.29 is 17.9 Å². The zero-order chi connectivity index (χ0) is 22.7. The number of nitrogens with zero attached hydrogens (tertiary/aromatic N) is 4. The van der Waals surface area contributed by atoms with Crippen LogP contribution in [-0.2, 0) is 10.0 Å². The minimum atomic E-state index is -3.79. The quantitative estimate of drug-likeness (QED) is 0.549.